The largest absolute Gasteiger partial charge is 0.492 e. The van der Waals surface area contributed by atoms with Crippen molar-refractivity contribution in [1.29, 1.82) is 0 Å². The molecule has 0 aliphatic heterocycles. The van der Waals surface area contributed by atoms with Crippen molar-refractivity contribution < 1.29 is 4.74 Å². The lowest BCUT2D eigenvalue weighted by Crippen LogP contribution is -1.99. The van der Waals surface area contributed by atoms with Gasteiger partial charge in [0.25, 0.3) is 0 Å². The quantitative estimate of drug-likeness (QED) is 0.924. The molecule has 94 valence electrons. The van der Waals surface area contributed by atoms with E-state index in [2.05, 4.69) is 9.97 Å². The average molecular weight is 264 g/mol. The SMILES string of the molecule is CCOc1ccc(-c2ncnc(C)c2N)cc1Cl. The van der Waals surface area contributed by atoms with Gasteiger partial charge < -0.3 is 10.5 Å². The van der Waals surface area contributed by atoms with Crippen molar-refractivity contribution in [3.8, 4) is 17.0 Å². The summed E-state index contributed by atoms with van der Waals surface area (Å²) in [6.45, 7) is 4.33. The van der Waals surface area contributed by atoms with E-state index < -0.39 is 0 Å². The number of halogens is 1. The standard InChI is InChI=1S/C13H14ClN3O/c1-3-18-11-5-4-9(6-10(11)14)13-12(15)8(2)16-7-17-13/h4-7H,3,15H2,1-2H3. The highest BCUT2D eigenvalue weighted by atomic mass is 35.5. The second kappa shape index (κ2) is 5.23. The van der Waals surface area contributed by atoms with Crippen LogP contribution in [0.25, 0.3) is 11.3 Å². The molecular formula is C13H14ClN3O. The van der Waals surface area contributed by atoms with Gasteiger partial charge in [0, 0.05) is 5.56 Å². The molecule has 1 aromatic carbocycles. The van der Waals surface area contributed by atoms with Crippen LogP contribution >= 0.6 is 11.6 Å². The van der Waals surface area contributed by atoms with Crippen molar-refractivity contribution in [2.24, 2.45) is 0 Å². The summed E-state index contributed by atoms with van der Waals surface area (Å²) >= 11 is 6.14. The molecule has 1 heterocycles. The fourth-order valence-electron chi connectivity index (χ4n) is 1.63. The summed E-state index contributed by atoms with van der Waals surface area (Å²) < 4.78 is 5.39. The lowest BCUT2D eigenvalue weighted by molar-refractivity contribution is 0.340. The van der Waals surface area contributed by atoms with Crippen LogP contribution in [0.3, 0.4) is 0 Å². The molecule has 0 atom stereocenters. The Balaban J connectivity index is 2.46. The average Bonchev–Trinajstić information content (AvgIpc) is 2.35. The molecule has 0 fully saturated rings. The number of hydrogen-bond donors (Lipinski definition) is 1. The molecule has 2 aromatic rings. The minimum atomic E-state index is 0.546. The first-order valence-corrected chi connectivity index (χ1v) is 6.01. The number of rotatable bonds is 3. The molecule has 0 spiro atoms. The van der Waals surface area contributed by atoms with Crippen LogP contribution in [-0.2, 0) is 0 Å². The van der Waals surface area contributed by atoms with Crippen LogP contribution in [-0.4, -0.2) is 16.6 Å². The Bertz CT molecular complexity index is 572. The molecule has 0 unspecified atom stereocenters. The molecule has 2 N–H and O–H groups in total. The molecule has 1 aromatic heterocycles. The number of aromatic nitrogens is 2. The lowest BCUT2D eigenvalue weighted by atomic mass is 10.1. The van der Waals surface area contributed by atoms with Crippen LogP contribution < -0.4 is 10.5 Å². The third-order valence-corrected chi connectivity index (χ3v) is 2.88. The van der Waals surface area contributed by atoms with E-state index in [0.717, 1.165) is 11.3 Å². The number of nitrogens with two attached hydrogens (primary N) is 1. The van der Waals surface area contributed by atoms with Crippen molar-refractivity contribution in [2.75, 3.05) is 12.3 Å². The maximum absolute atomic E-state index is 6.14. The zero-order valence-electron chi connectivity index (χ0n) is 10.3. The van der Waals surface area contributed by atoms with Crippen LogP contribution in [0.15, 0.2) is 24.5 Å². The molecule has 0 radical (unpaired) electrons. The fourth-order valence-corrected chi connectivity index (χ4v) is 1.87. The van der Waals surface area contributed by atoms with E-state index in [1.165, 1.54) is 6.33 Å². The van der Waals surface area contributed by atoms with Crippen LogP contribution in [0.5, 0.6) is 5.75 Å². The van der Waals surface area contributed by atoms with Gasteiger partial charge in [0.05, 0.1) is 28.7 Å². The monoisotopic (exact) mass is 263 g/mol. The van der Waals surface area contributed by atoms with Crippen molar-refractivity contribution >= 4 is 17.3 Å². The summed E-state index contributed by atoms with van der Waals surface area (Å²) in [6, 6.07) is 5.50. The van der Waals surface area contributed by atoms with E-state index in [4.69, 9.17) is 22.1 Å². The summed E-state index contributed by atoms with van der Waals surface area (Å²) in [5, 5.41) is 0.546. The second-order valence-electron chi connectivity index (χ2n) is 3.80. The predicted molar refractivity (Wildman–Crippen MR) is 72.8 cm³/mol. The van der Waals surface area contributed by atoms with Crippen LogP contribution in [0, 0.1) is 6.92 Å². The number of ether oxygens (including phenoxy) is 1. The minimum absolute atomic E-state index is 0.546. The zero-order valence-corrected chi connectivity index (χ0v) is 11.0. The fraction of sp³-hybridized carbons (Fsp3) is 0.231. The van der Waals surface area contributed by atoms with Crippen molar-refractivity contribution in [1.82, 2.24) is 9.97 Å². The first-order chi connectivity index (χ1) is 8.63. The summed E-state index contributed by atoms with van der Waals surface area (Å²) in [5.41, 5.74) is 8.82. The third kappa shape index (κ3) is 2.38. The van der Waals surface area contributed by atoms with E-state index >= 15 is 0 Å². The molecule has 0 bridgehead atoms. The molecule has 0 aliphatic carbocycles. The maximum Gasteiger partial charge on any atom is 0.137 e. The summed E-state index contributed by atoms with van der Waals surface area (Å²) in [6.07, 6.45) is 1.49. The van der Waals surface area contributed by atoms with E-state index in [0.29, 0.717) is 28.8 Å². The minimum Gasteiger partial charge on any atom is -0.492 e. The molecule has 4 nitrogen and oxygen atoms in total. The van der Waals surface area contributed by atoms with Gasteiger partial charge in [0.15, 0.2) is 0 Å². The Kier molecular flexibility index (Phi) is 3.67. The van der Waals surface area contributed by atoms with Gasteiger partial charge in [-0.15, -0.1) is 0 Å². The van der Waals surface area contributed by atoms with Gasteiger partial charge in [0.2, 0.25) is 0 Å². The summed E-state index contributed by atoms with van der Waals surface area (Å²) in [4.78, 5) is 8.23. The molecule has 0 amide bonds. The third-order valence-electron chi connectivity index (χ3n) is 2.59. The highest BCUT2D eigenvalue weighted by Crippen LogP contribution is 2.32. The number of nitrogens with zero attached hydrogens (tertiary/aromatic N) is 2. The number of hydrogen-bond acceptors (Lipinski definition) is 4. The van der Waals surface area contributed by atoms with Gasteiger partial charge >= 0.3 is 0 Å². The summed E-state index contributed by atoms with van der Waals surface area (Å²) in [7, 11) is 0. The molecule has 18 heavy (non-hydrogen) atoms. The van der Waals surface area contributed by atoms with Gasteiger partial charge in [-0.05, 0) is 32.0 Å². The normalized spacial score (nSPS) is 10.4. The highest BCUT2D eigenvalue weighted by Gasteiger charge is 2.10. The Hall–Kier alpha value is -1.81. The van der Waals surface area contributed by atoms with E-state index in [1.807, 2.05) is 26.0 Å². The van der Waals surface area contributed by atoms with Gasteiger partial charge in [-0.1, -0.05) is 11.6 Å². The Morgan fingerprint density at radius 2 is 2.11 bits per heavy atom. The van der Waals surface area contributed by atoms with Crippen molar-refractivity contribution in [3.05, 3.63) is 35.2 Å². The van der Waals surface area contributed by atoms with E-state index in [1.54, 1.807) is 6.07 Å². The van der Waals surface area contributed by atoms with Crippen LogP contribution in [0.1, 0.15) is 12.6 Å². The number of benzene rings is 1. The molecule has 5 heteroatoms. The first-order valence-electron chi connectivity index (χ1n) is 5.63. The smallest absolute Gasteiger partial charge is 0.137 e. The van der Waals surface area contributed by atoms with Crippen LogP contribution in [0.4, 0.5) is 5.69 Å². The molecule has 0 saturated heterocycles. The predicted octanol–water partition coefficient (Wildman–Crippen LogP) is 3.09. The maximum atomic E-state index is 6.14. The topological polar surface area (TPSA) is 61.0 Å². The van der Waals surface area contributed by atoms with Gasteiger partial charge in [-0.3, -0.25) is 0 Å². The van der Waals surface area contributed by atoms with Gasteiger partial charge in [-0.2, -0.15) is 0 Å². The molecule has 0 saturated carbocycles. The Labute approximate surface area is 111 Å². The molecule has 0 aliphatic rings. The number of anilines is 1. The van der Waals surface area contributed by atoms with E-state index in [9.17, 15) is 0 Å². The zero-order chi connectivity index (χ0) is 13.1. The molecular weight excluding hydrogens is 250 g/mol. The van der Waals surface area contributed by atoms with E-state index in [-0.39, 0.29) is 0 Å². The Morgan fingerprint density at radius 3 is 2.78 bits per heavy atom. The summed E-state index contributed by atoms with van der Waals surface area (Å²) in [5.74, 6) is 0.660. The van der Waals surface area contributed by atoms with Crippen LogP contribution in [0.2, 0.25) is 5.02 Å². The lowest BCUT2D eigenvalue weighted by Gasteiger charge is -2.09. The van der Waals surface area contributed by atoms with Crippen molar-refractivity contribution in [3.63, 3.8) is 0 Å². The second-order valence-corrected chi connectivity index (χ2v) is 4.21. The van der Waals surface area contributed by atoms with Gasteiger partial charge in [0.1, 0.15) is 12.1 Å². The first kappa shape index (κ1) is 12.6. The number of nitrogen functional groups attached to an aromatic ring is 1. The van der Waals surface area contributed by atoms with Crippen molar-refractivity contribution in [2.45, 2.75) is 13.8 Å². The number of aryl methyl sites for hydroxylation is 1. The molecule has 2 rings (SSSR count). The highest BCUT2D eigenvalue weighted by molar-refractivity contribution is 6.32. The van der Waals surface area contributed by atoms with Gasteiger partial charge in [-0.25, -0.2) is 9.97 Å². The Morgan fingerprint density at radius 1 is 1.33 bits per heavy atom.